The van der Waals surface area contributed by atoms with Crippen LogP contribution in [0.1, 0.15) is 30.5 Å². The van der Waals surface area contributed by atoms with Crippen LogP contribution in [0.4, 0.5) is 13.2 Å². The Morgan fingerprint density at radius 1 is 1.38 bits per heavy atom. The fraction of sp³-hybridized carbons (Fsp3) is 0.750. The van der Waals surface area contributed by atoms with Crippen molar-refractivity contribution in [3.63, 3.8) is 0 Å². The van der Waals surface area contributed by atoms with Gasteiger partial charge in [0.05, 0.1) is 6.20 Å². The van der Waals surface area contributed by atoms with Gasteiger partial charge in [-0.15, -0.1) is 0 Å². The Bertz CT molecular complexity index is 609. The van der Waals surface area contributed by atoms with Crippen molar-refractivity contribution >= 4 is 5.91 Å². The Labute approximate surface area is 139 Å². The molecule has 0 aromatic carbocycles. The molecule has 1 aliphatic heterocycles. The molecule has 0 bridgehead atoms. The first-order chi connectivity index (χ1) is 11.2. The van der Waals surface area contributed by atoms with Crippen LogP contribution in [0.15, 0.2) is 6.20 Å². The maximum absolute atomic E-state index is 12.4. The van der Waals surface area contributed by atoms with E-state index in [0.29, 0.717) is 19.0 Å². The minimum atomic E-state index is -4.45. The van der Waals surface area contributed by atoms with Gasteiger partial charge in [0, 0.05) is 44.0 Å². The maximum Gasteiger partial charge on any atom is 0.397 e. The number of carbonyl (C=O) groups excluding carboxylic acids is 1. The highest BCUT2D eigenvalue weighted by Gasteiger charge is 2.43. The monoisotopic (exact) mass is 344 g/mol. The molecule has 1 aromatic rings. The molecule has 0 spiro atoms. The Kier molecular flexibility index (Phi) is 4.59. The normalized spacial score (nSPS) is 25.2. The number of hydrogen-bond acceptors (Lipinski definition) is 3. The van der Waals surface area contributed by atoms with Gasteiger partial charge >= 0.3 is 6.18 Å². The van der Waals surface area contributed by atoms with Gasteiger partial charge in [0.1, 0.15) is 6.42 Å². The molecule has 1 saturated carbocycles. The van der Waals surface area contributed by atoms with Crippen LogP contribution in [0.25, 0.3) is 0 Å². The van der Waals surface area contributed by atoms with E-state index in [1.54, 1.807) is 0 Å². The number of aromatic nitrogens is 2. The number of rotatable bonds is 5. The summed E-state index contributed by atoms with van der Waals surface area (Å²) in [5.74, 6) is -0.141. The van der Waals surface area contributed by atoms with Crippen LogP contribution < -0.4 is 5.32 Å². The molecule has 0 unspecified atom stereocenters. The zero-order chi connectivity index (χ0) is 17.5. The van der Waals surface area contributed by atoms with Crippen molar-refractivity contribution in [1.29, 1.82) is 0 Å². The average Bonchev–Trinajstić information content (AvgIpc) is 3.16. The van der Waals surface area contributed by atoms with Crippen molar-refractivity contribution in [2.45, 2.75) is 44.9 Å². The molecule has 2 atom stereocenters. The van der Waals surface area contributed by atoms with Crippen molar-refractivity contribution in [2.24, 2.45) is 18.9 Å². The third-order valence-electron chi connectivity index (χ3n) is 5.11. The van der Waals surface area contributed by atoms with E-state index in [2.05, 4.69) is 15.3 Å². The molecule has 3 rings (SSSR count). The molecule has 1 aliphatic carbocycles. The fourth-order valence-electron chi connectivity index (χ4n) is 3.58. The SMILES string of the molecule is Cc1c(CN2C[C@H](NC(=O)CC(F)(F)F)[C@@H](C3CC3)C2)cnn1C. The van der Waals surface area contributed by atoms with Crippen molar-refractivity contribution < 1.29 is 18.0 Å². The molecule has 1 amide bonds. The molecule has 0 radical (unpaired) electrons. The third-order valence-corrected chi connectivity index (χ3v) is 5.11. The van der Waals surface area contributed by atoms with E-state index in [1.165, 1.54) is 0 Å². The van der Waals surface area contributed by atoms with E-state index in [1.807, 2.05) is 24.9 Å². The van der Waals surface area contributed by atoms with Gasteiger partial charge in [-0.05, 0) is 31.6 Å². The molecule has 2 aliphatic rings. The van der Waals surface area contributed by atoms with Crippen LogP contribution in [0, 0.1) is 18.8 Å². The van der Waals surface area contributed by atoms with Gasteiger partial charge in [0.15, 0.2) is 0 Å². The molecular weight excluding hydrogens is 321 g/mol. The quantitative estimate of drug-likeness (QED) is 0.889. The predicted octanol–water partition coefficient (Wildman–Crippen LogP) is 2.01. The topological polar surface area (TPSA) is 50.2 Å². The molecule has 5 nitrogen and oxygen atoms in total. The summed E-state index contributed by atoms with van der Waals surface area (Å²) in [4.78, 5) is 13.9. The molecule has 24 heavy (non-hydrogen) atoms. The van der Waals surface area contributed by atoms with Crippen LogP contribution in [0.3, 0.4) is 0 Å². The van der Waals surface area contributed by atoms with Crippen molar-refractivity contribution in [2.75, 3.05) is 13.1 Å². The number of amides is 1. The van der Waals surface area contributed by atoms with E-state index >= 15 is 0 Å². The highest BCUT2D eigenvalue weighted by molar-refractivity contribution is 5.77. The minimum Gasteiger partial charge on any atom is -0.351 e. The first kappa shape index (κ1) is 17.3. The first-order valence-electron chi connectivity index (χ1n) is 8.29. The van der Waals surface area contributed by atoms with Gasteiger partial charge in [-0.2, -0.15) is 18.3 Å². The molecule has 134 valence electrons. The summed E-state index contributed by atoms with van der Waals surface area (Å²) in [5.41, 5.74) is 2.21. The summed E-state index contributed by atoms with van der Waals surface area (Å²) in [5, 5.41) is 6.85. The van der Waals surface area contributed by atoms with Crippen molar-refractivity contribution in [3.05, 3.63) is 17.5 Å². The number of halogens is 3. The Balaban J connectivity index is 1.62. The number of aryl methyl sites for hydroxylation is 1. The number of likely N-dealkylation sites (tertiary alicyclic amines) is 1. The van der Waals surface area contributed by atoms with Crippen LogP contribution in [0.2, 0.25) is 0 Å². The number of carbonyl (C=O) groups is 1. The lowest BCUT2D eigenvalue weighted by Gasteiger charge is -2.20. The van der Waals surface area contributed by atoms with Crippen LogP contribution >= 0.6 is 0 Å². The lowest BCUT2D eigenvalue weighted by molar-refractivity contribution is -0.154. The summed E-state index contributed by atoms with van der Waals surface area (Å²) < 4.78 is 38.9. The van der Waals surface area contributed by atoms with Crippen LogP contribution in [0.5, 0.6) is 0 Å². The number of nitrogens with zero attached hydrogens (tertiary/aromatic N) is 3. The number of nitrogens with one attached hydrogen (secondary N) is 1. The standard InChI is InChI=1S/C16H23F3N4O/c1-10-12(6-20-22(10)2)7-23-8-13(11-3-4-11)14(9-23)21-15(24)5-16(17,18)19/h6,11,13-14H,3-5,7-9H2,1-2H3,(H,21,24)/t13-,14+/m1/s1. The second-order valence-corrected chi connectivity index (χ2v) is 7.04. The highest BCUT2D eigenvalue weighted by atomic mass is 19.4. The summed E-state index contributed by atoms with van der Waals surface area (Å²) in [6.45, 7) is 4.13. The average molecular weight is 344 g/mol. The van der Waals surface area contributed by atoms with Gasteiger partial charge in [0.2, 0.25) is 5.91 Å². The minimum absolute atomic E-state index is 0.190. The predicted molar refractivity (Wildman–Crippen MR) is 82.0 cm³/mol. The second kappa shape index (κ2) is 6.38. The van der Waals surface area contributed by atoms with Crippen LogP contribution in [-0.2, 0) is 18.4 Å². The summed E-state index contributed by atoms with van der Waals surface area (Å²) >= 11 is 0. The summed E-state index contributed by atoms with van der Waals surface area (Å²) in [7, 11) is 1.88. The number of alkyl halides is 3. The number of hydrogen-bond donors (Lipinski definition) is 1. The molecule has 1 N–H and O–H groups in total. The van der Waals surface area contributed by atoms with E-state index < -0.39 is 18.5 Å². The van der Waals surface area contributed by atoms with Gasteiger partial charge in [-0.3, -0.25) is 14.4 Å². The highest BCUT2D eigenvalue weighted by Crippen LogP contribution is 2.41. The maximum atomic E-state index is 12.4. The molecule has 8 heteroatoms. The molecule has 2 heterocycles. The van der Waals surface area contributed by atoms with Crippen molar-refractivity contribution in [1.82, 2.24) is 20.0 Å². The Morgan fingerprint density at radius 3 is 2.62 bits per heavy atom. The van der Waals surface area contributed by atoms with Gasteiger partial charge < -0.3 is 5.32 Å². The lowest BCUT2D eigenvalue weighted by atomic mass is 9.98. The van der Waals surface area contributed by atoms with Gasteiger partial charge in [-0.1, -0.05) is 0 Å². The Morgan fingerprint density at radius 2 is 2.08 bits per heavy atom. The Hall–Kier alpha value is -1.57. The van der Waals surface area contributed by atoms with E-state index in [9.17, 15) is 18.0 Å². The fourth-order valence-corrected chi connectivity index (χ4v) is 3.58. The van der Waals surface area contributed by atoms with E-state index in [0.717, 1.165) is 30.6 Å². The zero-order valence-electron chi connectivity index (χ0n) is 13.9. The molecule has 2 fully saturated rings. The third kappa shape index (κ3) is 4.09. The van der Waals surface area contributed by atoms with Gasteiger partial charge in [0.25, 0.3) is 0 Å². The van der Waals surface area contributed by atoms with E-state index in [-0.39, 0.29) is 12.0 Å². The van der Waals surface area contributed by atoms with E-state index in [4.69, 9.17) is 0 Å². The summed E-state index contributed by atoms with van der Waals surface area (Å²) in [6, 6.07) is -0.190. The lowest BCUT2D eigenvalue weighted by Crippen LogP contribution is -2.42. The molecule has 1 saturated heterocycles. The first-order valence-corrected chi connectivity index (χ1v) is 8.29. The summed E-state index contributed by atoms with van der Waals surface area (Å²) in [6.07, 6.45) is -1.81. The van der Waals surface area contributed by atoms with Gasteiger partial charge in [-0.25, -0.2) is 0 Å². The second-order valence-electron chi connectivity index (χ2n) is 7.04. The smallest absolute Gasteiger partial charge is 0.351 e. The zero-order valence-corrected chi connectivity index (χ0v) is 13.9. The largest absolute Gasteiger partial charge is 0.397 e. The molecular formula is C16H23F3N4O. The van der Waals surface area contributed by atoms with Crippen molar-refractivity contribution in [3.8, 4) is 0 Å². The molecule has 1 aromatic heterocycles. The van der Waals surface area contributed by atoms with Crippen LogP contribution in [-0.4, -0.2) is 45.9 Å².